The van der Waals surface area contributed by atoms with Gasteiger partial charge in [0.05, 0.1) is 0 Å². The lowest BCUT2D eigenvalue weighted by Gasteiger charge is -2.12. The average molecular weight is 234 g/mol. The zero-order chi connectivity index (χ0) is 12.8. The monoisotopic (exact) mass is 234 g/mol. The molecule has 0 saturated carbocycles. The average Bonchev–Trinajstić information content (AvgIpc) is 2.37. The number of carbonyl (C=O) groups excluding carboxylic acids is 1. The van der Waals surface area contributed by atoms with Crippen LogP contribution in [0.2, 0.25) is 0 Å². The van der Waals surface area contributed by atoms with E-state index in [1.807, 2.05) is 19.1 Å². The highest BCUT2D eigenvalue weighted by Crippen LogP contribution is 2.20. The van der Waals surface area contributed by atoms with Crippen LogP contribution >= 0.6 is 0 Å². The molecule has 0 aliphatic carbocycles. The largest absolute Gasteiger partial charge is 0.330 e. The van der Waals surface area contributed by atoms with Gasteiger partial charge in [0.25, 0.3) is 0 Å². The minimum Gasteiger partial charge on any atom is -0.330 e. The van der Waals surface area contributed by atoms with Crippen molar-refractivity contribution in [2.75, 3.05) is 11.9 Å². The number of hydrogen-bond donors (Lipinski definition) is 2. The van der Waals surface area contributed by atoms with Crippen LogP contribution in [-0.2, 0) is 4.79 Å². The summed E-state index contributed by atoms with van der Waals surface area (Å²) in [5.74, 6) is 0.385. The second-order valence-electron chi connectivity index (χ2n) is 4.56. The normalized spacial score (nSPS) is 14.1. The van der Waals surface area contributed by atoms with Gasteiger partial charge in [0.15, 0.2) is 0 Å². The fourth-order valence-electron chi connectivity index (χ4n) is 1.50. The molecular weight excluding hydrogens is 212 g/mol. The van der Waals surface area contributed by atoms with E-state index in [-0.39, 0.29) is 11.8 Å². The third kappa shape index (κ3) is 3.86. The first kappa shape index (κ1) is 13.7. The molecule has 0 fully saturated rings. The molecule has 1 amide bonds. The maximum atomic E-state index is 11.6. The highest BCUT2D eigenvalue weighted by molar-refractivity contribution is 5.92. The van der Waals surface area contributed by atoms with Gasteiger partial charge in [0.1, 0.15) is 0 Å². The zero-order valence-corrected chi connectivity index (χ0v) is 10.9. The number of carbonyl (C=O) groups is 1. The number of anilines is 1. The third-order valence-corrected chi connectivity index (χ3v) is 3.16. The molecule has 2 unspecified atom stereocenters. The Morgan fingerprint density at radius 2 is 1.88 bits per heavy atom. The van der Waals surface area contributed by atoms with Crippen molar-refractivity contribution in [1.29, 1.82) is 0 Å². The third-order valence-electron chi connectivity index (χ3n) is 3.16. The first-order chi connectivity index (χ1) is 8.08. The van der Waals surface area contributed by atoms with Crippen LogP contribution in [0.5, 0.6) is 0 Å². The van der Waals surface area contributed by atoms with Crippen molar-refractivity contribution in [2.45, 2.75) is 33.1 Å². The van der Waals surface area contributed by atoms with Crippen LogP contribution in [0.15, 0.2) is 24.3 Å². The van der Waals surface area contributed by atoms with E-state index in [1.165, 1.54) is 5.56 Å². The number of nitrogens with one attached hydrogen (secondary N) is 1. The molecule has 17 heavy (non-hydrogen) atoms. The predicted molar refractivity (Wildman–Crippen MR) is 72.0 cm³/mol. The molecule has 1 aromatic rings. The molecule has 0 bridgehead atoms. The molecule has 1 rings (SSSR count). The fourth-order valence-corrected chi connectivity index (χ4v) is 1.50. The highest BCUT2D eigenvalue weighted by Gasteiger charge is 2.10. The van der Waals surface area contributed by atoms with Crippen molar-refractivity contribution in [3.63, 3.8) is 0 Å². The second-order valence-corrected chi connectivity index (χ2v) is 4.56. The number of hydrogen-bond acceptors (Lipinski definition) is 2. The molecule has 0 radical (unpaired) electrons. The van der Waals surface area contributed by atoms with Gasteiger partial charge in [-0.15, -0.1) is 0 Å². The molecule has 1 aromatic carbocycles. The van der Waals surface area contributed by atoms with Crippen LogP contribution in [0.3, 0.4) is 0 Å². The Morgan fingerprint density at radius 3 is 2.35 bits per heavy atom. The first-order valence-corrected chi connectivity index (χ1v) is 6.19. The Labute approximate surface area is 103 Å². The van der Waals surface area contributed by atoms with Crippen molar-refractivity contribution >= 4 is 11.6 Å². The lowest BCUT2D eigenvalue weighted by molar-refractivity contribution is -0.119. The number of nitrogens with two attached hydrogens (primary N) is 1. The molecule has 2 atom stereocenters. The topological polar surface area (TPSA) is 55.1 Å². The van der Waals surface area contributed by atoms with Gasteiger partial charge >= 0.3 is 0 Å². The minimum absolute atomic E-state index is 0.0243. The quantitative estimate of drug-likeness (QED) is 0.823. The molecule has 0 saturated heterocycles. The molecule has 0 heterocycles. The van der Waals surface area contributed by atoms with Crippen LogP contribution in [0.1, 0.15) is 38.7 Å². The summed E-state index contributed by atoms with van der Waals surface area (Å²) < 4.78 is 0. The zero-order valence-electron chi connectivity index (χ0n) is 10.9. The lowest BCUT2D eigenvalue weighted by atomic mass is 9.98. The van der Waals surface area contributed by atoms with Crippen LogP contribution in [0.4, 0.5) is 5.69 Å². The highest BCUT2D eigenvalue weighted by atomic mass is 16.1. The van der Waals surface area contributed by atoms with E-state index < -0.39 is 0 Å². The van der Waals surface area contributed by atoms with E-state index in [9.17, 15) is 4.79 Å². The predicted octanol–water partition coefficient (Wildman–Crippen LogP) is 2.73. The van der Waals surface area contributed by atoms with Gasteiger partial charge in [0.2, 0.25) is 5.91 Å². The summed E-state index contributed by atoms with van der Waals surface area (Å²) in [7, 11) is 0. The Bertz CT molecular complexity index is 359. The van der Waals surface area contributed by atoms with Crippen molar-refractivity contribution in [1.82, 2.24) is 0 Å². The van der Waals surface area contributed by atoms with Crippen LogP contribution in [0, 0.1) is 5.92 Å². The SMILES string of the molecule is CCC(C)c1ccc(NC(=O)C(C)CN)cc1. The summed E-state index contributed by atoms with van der Waals surface area (Å²) in [4.78, 5) is 11.6. The maximum Gasteiger partial charge on any atom is 0.228 e. The number of rotatable bonds is 5. The summed E-state index contributed by atoms with van der Waals surface area (Å²) in [5.41, 5.74) is 7.59. The molecular formula is C14H22N2O. The Hall–Kier alpha value is -1.35. The van der Waals surface area contributed by atoms with Crippen molar-refractivity contribution < 1.29 is 4.79 Å². The Kier molecular flexibility index (Phi) is 5.16. The van der Waals surface area contributed by atoms with E-state index in [0.717, 1.165) is 12.1 Å². The number of amides is 1. The van der Waals surface area contributed by atoms with Crippen LogP contribution < -0.4 is 11.1 Å². The summed E-state index contributed by atoms with van der Waals surface area (Å²) in [6.45, 7) is 6.56. The fraction of sp³-hybridized carbons (Fsp3) is 0.500. The van der Waals surface area contributed by atoms with E-state index in [4.69, 9.17) is 5.73 Å². The Balaban J connectivity index is 2.65. The van der Waals surface area contributed by atoms with Gasteiger partial charge in [-0.05, 0) is 30.0 Å². The van der Waals surface area contributed by atoms with Crippen LogP contribution in [0.25, 0.3) is 0 Å². The minimum atomic E-state index is -0.149. The molecule has 3 nitrogen and oxygen atoms in total. The summed E-state index contributed by atoms with van der Waals surface area (Å²) in [6.07, 6.45) is 1.12. The second kappa shape index (κ2) is 6.40. The summed E-state index contributed by atoms with van der Waals surface area (Å²) >= 11 is 0. The van der Waals surface area contributed by atoms with Gasteiger partial charge in [0, 0.05) is 18.2 Å². The lowest BCUT2D eigenvalue weighted by Crippen LogP contribution is -2.26. The van der Waals surface area contributed by atoms with Crippen molar-refractivity contribution in [3.8, 4) is 0 Å². The molecule has 0 spiro atoms. The van der Waals surface area contributed by atoms with Gasteiger partial charge in [-0.25, -0.2) is 0 Å². The molecule has 3 heteroatoms. The van der Waals surface area contributed by atoms with E-state index in [0.29, 0.717) is 12.5 Å². The molecule has 0 aromatic heterocycles. The van der Waals surface area contributed by atoms with Gasteiger partial charge in [-0.3, -0.25) is 4.79 Å². The molecule has 3 N–H and O–H groups in total. The maximum absolute atomic E-state index is 11.6. The van der Waals surface area contributed by atoms with Gasteiger partial charge in [-0.2, -0.15) is 0 Å². The van der Waals surface area contributed by atoms with E-state index >= 15 is 0 Å². The smallest absolute Gasteiger partial charge is 0.228 e. The van der Waals surface area contributed by atoms with E-state index in [1.54, 1.807) is 0 Å². The van der Waals surface area contributed by atoms with Crippen molar-refractivity contribution in [3.05, 3.63) is 29.8 Å². The number of benzene rings is 1. The van der Waals surface area contributed by atoms with Crippen LogP contribution in [-0.4, -0.2) is 12.5 Å². The Morgan fingerprint density at radius 1 is 1.29 bits per heavy atom. The van der Waals surface area contributed by atoms with Crippen molar-refractivity contribution in [2.24, 2.45) is 11.7 Å². The summed E-state index contributed by atoms with van der Waals surface area (Å²) in [5, 5.41) is 2.86. The summed E-state index contributed by atoms with van der Waals surface area (Å²) in [6, 6.07) is 8.03. The van der Waals surface area contributed by atoms with E-state index in [2.05, 4.69) is 31.3 Å². The molecule has 0 aliphatic rings. The van der Waals surface area contributed by atoms with Gasteiger partial charge in [-0.1, -0.05) is 32.9 Å². The van der Waals surface area contributed by atoms with Gasteiger partial charge < -0.3 is 11.1 Å². The first-order valence-electron chi connectivity index (χ1n) is 6.19. The molecule has 94 valence electrons. The molecule has 0 aliphatic heterocycles. The standard InChI is InChI=1S/C14H22N2O/c1-4-10(2)12-5-7-13(8-6-12)16-14(17)11(3)9-15/h5-8,10-11H,4,9,15H2,1-3H3,(H,16,17).